The van der Waals surface area contributed by atoms with Gasteiger partial charge >= 0.3 is 0 Å². The van der Waals surface area contributed by atoms with Crippen LogP contribution < -0.4 is 11.1 Å². The minimum absolute atomic E-state index is 0.0146. The van der Waals surface area contributed by atoms with Crippen LogP contribution in [0.5, 0.6) is 0 Å². The zero-order valence-corrected chi connectivity index (χ0v) is 19.0. The molecule has 1 aromatic carbocycles. The van der Waals surface area contributed by atoms with E-state index in [2.05, 4.69) is 40.6 Å². The predicted octanol–water partition coefficient (Wildman–Crippen LogP) is 5.89. The van der Waals surface area contributed by atoms with Crippen molar-refractivity contribution in [3.8, 4) is 0 Å². The van der Waals surface area contributed by atoms with Crippen molar-refractivity contribution in [1.29, 1.82) is 0 Å². The van der Waals surface area contributed by atoms with Gasteiger partial charge in [-0.1, -0.05) is 17.7 Å². The number of hydrogen-bond donors (Lipinski definition) is 2. The highest BCUT2D eigenvalue weighted by atomic mass is 127. The van der Waals surface area contributed by atoms with E-state index in [1.165, 1.54) is 31.3 Å². The summed E-state index contributed by atoms with van der Waals surface area (Å²) in [6.45, 7) is 4.17. The van der Waals surface area contributed by atoms with Gasteiger partial charge in [-0.15, -0.1) is 6.58 Å². The number of aliphatic imine (C=N–C) groups is 1. The van der Waals surface area contributed by atoms with E-state index < -0.39 is 0 Å². The van der Waals surface area contributed by atoms with Crippen LogP contribution in [0, 0.1) is 14.9 Å². The predicted molar refractivity (Wildman–Crippen MR) is 125 cm³/mol. The highest BCUT2D eigenvalue weighted by Crippen LogP contribution is 2.80. The Morgan fingerprint density at radius 1 is 1.32 bits per heavy atom. The molecule has 28 heavy (non-hydrogen) atoms. The maximum Gasteiger partial charge on any atom is 0.0820 e. The summed E-state index contributed by atoms with van der Waals surface area (Å²) in [6, 6.07) is 6.04. The molecule has 2 unspecified atom stereocenters. The highest BCUT2D eigenvalue weighted by Gasteiger charge is 2.78. The van der Waals surface area contributed by atoms with Gasteiger partial charge in [0.1, 0.15) is 0 Å². The van der Waals surface area contributed by atoms with Gasteiger partial charge in [0.15, 0.2) is 0 Å². The molecule has 0 aromatic heterocycles. The third-order valence-electron chi connectivity index (χ3n) is 7.46. The summed E-state index contributed by atoms with van der Waals surface area (Å²) in [7, 11) is 0. The van der Waals surface area contributed by atoms with Gasteiger partial charge in [0.2, 0.25) is 0 Å². The van der Waals surface area contributed by atoms with Crippen molar-refractivity contribution in [2.24, 2.45) is 22.1 Å². The molecule has 0 radical (unpaired) electrons. The Hall–Kier alpha value is -0.850. The van der Waals surface area contributed by atoms with E-state index in [9.17, 15) is 0 Å². The Labute approximate surface area is 186 Å². The number of hydrogen-bond acceptors (Lipinski definition) is 3. The van der Waals surface area contributed by atoms with Crippen molar-refractivity contribution in [1.82, 2.24) is 5.32 Å². The largest absolute Gasteiger partial charge is 0.402 e. The summed E-state index contributed by atoms with van der Waals surface area (Å²) in [5, 5.41) is 4.67. The lowest BCUT2D eigenvalue weighted by atomic mass is 9.77. The van der Waals surface area contributed by atoms with Gasteiger partial charge in [-0.25, -0.2) is 4.99 Å². The third-order valence-corrected chi connectivity index (χ3v) is 8.43. The normalized spacial score (nSPS) is 34.6. The molecule has 0 amide bonds. The van der Waals surface area contributed by atoms with Crippen molar-refractivity contribution in [3.63, 3.8) is 0 Å². The van der Waals surface area contributed by atoms with Gasteiger partial charge in [-0.2, -0.15) is 0 Å². The molecule has 5 aliphatic rings. The SMILES string of the molecule is C=CC(NC12CC3CC1(C3)C2)C(=Nc1ccc(I)cc1Cl)C1=C(N)CCCC1. The third kappa shape index (κ3) is 2.98. The maximum absolute atomic E-state index is 6.53. The summed E-state index contributed by atoms with van der Waals surface area (Å²) >= 11 is 8.80. The van der Waals surface area contributed by atoms with E-state index >= 15 is 0 Å². The molecule has 6 rings (SSSR count). The van der Waals surface area contributed by atoms with Gasteiger partial charge in [0, 0.05) is 14.8 Å². The molecule has 4 saturated carbocycles. The van der Waals surface area contributed by atoms with E-state index in [0.717, 1.165) is 52.3 Å². The molecule has 0 heterocycles. The molecule has 4 fully saturated rings. The lowest BCUT2D eigenvalue weighted by Gasteiger charge is -2.29. The first-order valence-electron chi connectivity index (χ1n) is 10.4. The second-order valence-corrected chi connectivity index (χ2v) is 10.8. The fourth-order valence-electron chi connectivity index (χ4n) is 6.09. The first-order valence-corrected chi connectivity index (χ1v) is 11.8. The zero-order valence-electron chi connectivity index (χ0n) is 16.1. The summed E-state index contributed by atoms with van der Waals surface area (Å²) in [6.07, 6.45) is 11.7. The molecular weight excluding hydrogens is 481 g/mol. The lowest BCUT2D eigenvalue weighted by molar-refractivity contribution is 0.227. The van der Waals surface area contributed by atoms with Gasteiger partial charge in [0.05, 0.1) is 22.5 Å². The van der Waals surface area contributed by atoms with Crippen LogP contribution in [0.4, 0.5) is 5.69 Å². The van der Waals surface area contributed by atoms with E-state index in [0.29, 0.717) is 16.0 Å². The average Bonchev–Trinajstić information content (AvgIpc) is 3.06. The van der Waals surface area contributed by atoms with Crippen molar-refractivity contribution in [2.45, 2.75) is 62.9 Å². The van der Waals surface area contributed by atoms with Crippen molar-refractivity contribution < 1.29 is 0 Å². The van der Waals surface area contributed by atoms with Crippen LogP contribution in [0.15, 0.2) is 47.1 Å². The Morgan fingerprint density at radius 2 is 2.11 bits per heavy atom. The molecule has 2 atom stereocenters. The Bertz CT molecular complexity index is 899. The second kappa shape index (κ2) is 6.85. The Balaban J connectivity index is 1.53. The number of nitrogens with one attached hydrogen (secondary N) is 1. The standard InChI is InChI=1S/C23H27ClIN3/c1-2-19(28-23-12-14-10-22(23,11-14)13-23)21(16-5-3-4-6-18(16)26)27-20-8-7-15(25)9-17(20)24/h2,7-9,14,19,28H,1,3-6,10-13,26H2. The number of nitrogens with zero attached hydrogens (tertiary/aromatic N) is 1. The quantitative estimate of drug-likeness (QED) is 0.286. The molecule has 5 aliphatic carbocycles. The molecule has 0 saturated heterocycles. The van der Waals surface area contributed by atoms with Crippen molar-refractivity contribution in [2.75, 3.05) is 0 Å². The van der Waals surface area contributed by atoms with Gasteiger partial charge in [-0.3, -0.25) is 5.32 Å². The van der Waals surface area contributed by atoms with Crippen molar-refractivity contribution in [3.05, 3.63) is 50.7 Å². The number of nitrogens with two attached hydrogens (primary N) is 1. The first-order chi connectivity index (χ1) is 13.5. The lowest BCUT2D eigenvalue weighted by Crippen LogP contribution is -2.45. The minimum Gasteiger partial charge on any atom is -0.402 e. The fraction of sp³-hybridized carbons (Fsp3) is 0.522. The van der Waals surface area contributed by atoms with Crippen LogP contribution in [0.2, 0.25) is 5.02 Å². The molecule has 0 aliphatic heterocycles. The molecule has 3 N–H and O–H groups in total. The molecule has 2 bridgehead atoms. The Morgan fingerprint density at radius 3 is 2.71 bits per heavy atom. The second-order valence-electron chi connectivity index (χ2n) is 9.18. The van der Waals surface area contributed by atoms with Crippen LogP contribution in [-0.2, 0) is 0 Å². The number of rotatable bonds is 6. The average molecular weight is 508 g/mol. The number of halogens is 2. The van der Waals surface area contributed by atoms with Crippen LogP contribution in [0.25, 0.3) is 0 Å². The summed E-state index contributed by atoms with van der Waals surface area (Å²) in [5.41, 5.74) is 11.4. The van der Waals surface area contributed by atoms with Gasteiger partial charge < -0.3 is 5.73 Å². The molecule has 1 aromatic rings. The van der Waals surface area contributed by atoms with Crippen LogP contribution in [0.1, 0.15) is 51.4 Å². The van der Waals surface area contributed by atoms with E-state index in [1.807, 2.05) is 18.2 Å². The minimum atomic E-state index is 0.0146. The Kier molecular flexibility index (Phi) is 4.68. The monoisotopic (exact) mass is 507 g/mol. The summed E-state index contributed by atoms with van der Waals surface area (Å²) in [4.78, 5) is 5.08. The maximum atomic E-state index is 6.53. The fourth-order valence-corrected chi connectivity index (χ4v) is 6.99. The molecule has 5 heteroatoms. The van der Waals surface area contributed by atoms with Gasteiger partial charge in [0.25, 0.3) is 0 Å². The number of benzene rings is 1. The van der Waals surface area contributed by atoms with Crippen LogP contribution in [-0.4, -0.2) is 17.3 Å². The molecule has 1 spiro atoms. The summed E-state index contributed by atoms with van der Waals surface area (Å²) < 4.78 is 1.11. The topological polar surface area (TPSA) is 50.4 Å². The van der Waals surface area contributed by atoms with Crippen LogP contribution in [0.3, 0.4) is 0 Å². The van der Waals surface area contributed by atoms with E-state index in [1.54, 1.807) is 0 Å². The molecule has 3 nitrogen and oxygen atoms in total. The smallest absolute Gasteiger partial charge is 0.0820 e. The zero-order chi connectivity index (χ0) is 19.5. The van der Waals surface area contributed by atoms with Gasteiger partial charge in [-0.05, 0) is 109 Å². The van der Waals surface area contributed by atoms with E-state index in [-0.39, 0.29) is 6.04 Å². The first kappa shape index (κ1) is 19.1. The highest BCUT2D eigenvalue weighted by molar-refractivity contribution is 14.1. The molecular formula is C23H27ClIN3. The van der Waals surface area contributed by atoms with Crippen molar-refractivity contribution >= 4 is 45.6 Å². The summed E-state index contributed by atoms with van der Waals surface area (Å²) in [5.74, 6) is 0.928. The van der Waals surface area contributed by atoms with Crippen LogP contribution >= 0.6 is 34.2 Å². The number of allylic oxidation sites excluding steroid dienone is 1. The molecule has 148 valence electrons. The van der Waals surface area contributed by atoms with E-state index in [4.69, 9.17) is 22.3 Å².